The summed E-state index contributed by atoms with van der Waals surface area (Å²) in [5.41, 5.74) is 0.218. The lowest BCUT2D eigenvalue weighted by atomic mass is 9.98. The third-order valence-corrected chi connectivity index (χ3v) is 6.08. The van der Waals surface area contributed by atoms with Gasteiger partial charge in [-0.2, -0.15) is 0 Å². The smallest absolute Gasteiger partial charge is 0.325 e. The highest BCUT2D eigenvalue weighted by molar-refractivity contribution is 6.07. The zero-order chi connectivity index (χ0) is 19.7. The summed E-state index contributed by atoms with van der Waals surface area (Å²) in [6, 6.07) is 5.97. The highest BCUT2D eigenvalue weighted by Crippen LogP contribution is 2.35. The fourth-order valence-corrected chi connectivity index (χ4v) is 4.43. The molecule has 2 heterocycles. The Bertz CT molecular complexity index is 768. The molecule has 0 radical (unpaired) electrons. The SMILES string of the molecule is O=C(CCN1C(=O)NC2(CCCC2)C1=O)N1CCN(c2ccc(F)cc2)CC1. The molecule has 2 aliphatic heterocycles. The minimum Gasteiger partial charge on any atom is -0.368 e. The number of amides is 4. The van der Waals surface area contributed by atoms with Crippen LogP contribution in [-0.4, -0.2) is 65.9 Å². The van der Waals surface area contributed by atoms with E-state index in [0.717, 1.165) is 18.5 Å². The molecular weight excluding hydrogens is 363 g/mol. The maximum Gasteiger partial charge on any atom is 0.325 e. The van der Waals surface area contributed by atoms with Gasteiger partial charge in [0.1, 0.15) is 11.4 Å². The summed E-state index contributed by atoms with van der Waals surface area (Å²) in [5, 5.41) is 2.84. The number of benzene rings is 1. The number of hydrogen-bond donors (Lipinski definition) is 1. The fraction of sp³-hybridized carbons (Fsp3) is 0.550. The first-order chi connectivity index (χ1) is 13.5. The van der Waals surface area contributed by atoms with E-state index in [1.807, 2.05) is 0 Å². The molecule has 0 aromatic heterocycles. The number of imide groups is 1. The normalized spacial score (nSPS) is 21.5. The van der Waals surface area contributed by atoms with E-state index in [0.29, 0.717) is 39.0 Å². The lowest BCUT2D eigenvalue weighted by Gasteiger charge is -2.36. The average Bonchev–Trinajstić information content (AvgIpc) is 3.26. The molecule has 150 valence electrons. The maximum atomic E-state index is 13.1. The molecule has 3 fully saturated rings. The van der Waals surface area contributed by atoms with Crippen molar-refractivity contribution >= 4 is 23.5 Å². The van der Waals surface area contributed by atoms with Crippen molar-refractivity contribution in [1.82, 2.24) is 15.1 Å². The van der Waals surface area contributed by atoms with E-state index in [1.54, 1.807) is 17.0 Å². The second-order valence-corrected chi connectivity index (χ2v) is 7.77. The number of nitrogens with one attached hydrogen (secondary N) is 1. The standard InChI is InChI=1S/C20H25FN4O3/c21-15-3-5-16(6-4-15)23-11-13-24(14-12-23)17(26)7-10-25-18(27)20(22-19(25)28)8-1-2-9-20/h3-6H,1-2,7-14H2,(H,22,28). The number of anilines is 1. The molecule has 0 unspecified atom stereocenters. The van der Waals surface area contributed by atoms with Gasteiger partial charge in [0.05, 0.1) is 0 Å². The van der Waals surface area contributed by atoms with Gasteiger partial charge < -0.3 is 15.1 Å². The average molecular weight is 388 g/mol. The Hall–Kier alpha value is -2.64. The molecule has 7 nitrogen and oxygen atoms in total. The van der Waals surface area contributed by atoms with Crippen molar-refractivity contribution in [2.75, 3.05) is 37.6 Å². The molecule has 4 rings (SSSR count). The summed E-state index contributed by atoms with van der Waals surface area (Å²) in [4.78, 5) is 42.5. The van der Waals surface area contributed by atoms with E-state index in [2.05, 4.69) is 10.2 Å². The van der Waals surface area contributed by atoms with E-state index >= 15 is 0 Å². The summed E-state index contributed by atoms with van der Waals surface area (Å²) >= 11 is 0. The zero-order valence-corrected chi connectivity index (χ0v) is 15.8. The molecular formula is C20H25FN4O3. The van der Waals surface area contributed by atoms with Gasteiger partial charge in [-0.1, -0.05) is 12.8 Å². The van der Waals surface area contributed by atoms with Crippen LogP contribution in [0.2, 0.25) is 0 Å². The van der Waals surface area contributed by atoms with Crippen LogP contribution in [0.4, 0.5) is 14.9 Å². The highest BCUT2D eigenvalue weighted by atomic mass is 19.1. The van der Waals surface area contributed by atoms with Gasteiger partial charge in [0, 0.05) is 44.8 Å². The molecule has 4 amide bonds. The molecule has 2 saturated heterocycles. The van der Waals surface area contributed by atoms with E-state index in [-0.39, 0.29) is 36.6 Å². The van der Waals surface area contributed by atoms with Crippen LogP contribution in [0.1, 0.15) is 32.1 Å². The second-order valence-electron chi connectivity index (χ2n) is 7.77. The number of rotatable bonds is 4. The van der Waals surface area contributed by atoms with Gasteiger partial charge in [-0.25, -0.2) is 9.18 Å². The quantitative estimate of drug-likeness (QED) is 0.798. The fourth-order valence-electron chi connectivity index (χ4n) is 4.43. The molecule has 3 aliphatic rings. The molecule has 0 atom stereocenters. The van der Waals surface area contributed by atoms with Crippen LogP contribution in [0.15, 0.2) is 24.3 Å². The molecule has 28 heavy (non-hydrogen) atoms. The molecule has 1 aliphatic carbocycles. The Morgan fingerprint density at radius 2 is 1.68 bits per heavy atom. The van der Waals surface area contributed by atoms with Crippen LogP contribution >= 0.6 is 0 Å². The summed E-state index contributed by atoms with van der Waals surface area (Å²) in [6.45, 7) is 2.61. The van der Waals surface area contributed by atoms with Gasteiger partial charge in [-0.15, -0.1) is 0 Å². The van der Waals surface area contributed by atoms with Gasteiger partial charge in [0.25, 0.3) is 5.91 Å². The lowest BCUT2D eigenvalue weighted by molar-refractivity contribution is -0.133. The molecule has 1 saturated carbocycles. The molecule has 1 spiro atoms. The van der Waals surface area contributed by atoms with E-state index in [9.17, 15) is 18.8 Å². The van der Waals surface area contributed by atoms with Gasteiger partial charge in [-0.05, 0) is 37.1 Å². The Balaban J connectivity index is 1.27. The highest BCUT2D eigenvalue weighted by Gasteiger charge is 2.52. The van der Waals surface area contributed by atoms with Crippen LogP contribution in [0.25, 0.3) is 0 Å². The number of nitrogens with zero attached hydrogens (tertiary/aromatic N) is 3. The summed E-state index contributed by atoms with van der Waals surface area (Å²) in [5.74, 6) is -0.492. The molecule has 1 N–H and O–H groups in total. The lowest BCUT2D eigenvalue weighted by Crippen LogP contribution is -2.49. The van der Waals surface area contributed by atoms with Gasteiger partial charge in [0.2, 0.25) is 5.91 Å². The molecule has 1 aromatic rings. The van der Waals surface area contributed by atoms with Gasteiger partial charge in [-0.3, -0.25) is 14.5 Å². The Morgan fingerprint density at radius 3 is 2.32 bits per heavy atom. The Morgan fingerprint density at radius 1 is 1.04 bits per heavy atom. The first kappa shape index (κ1) is 18.7. The van der Waals surface area contributed by atoms with Crippen LogP contribution in [0.3, 0.4) is 0 Å². The van der Waals surface area contributed by atoms with Crippen LogP contribution in [0, 0.1) is 5.82 Å². The molecule has 0 bridgehead atoms. The summed E-state index contributed by atoms with van der Waals surface area (Å²) < 4.78 is 13.1. The third-order valence-electron chi connectivity index (χ3n) is 6.08. The minimum atomic E-state index is -0.721. The topological polar surface area (TPSA) is 73.0 Å². The van der Waals surface area contributed by atoms with Crippen molar-refractivity contribution in [2.24, 2.45) is 0 Å². The number of urea groups is 1. The van der Waals surface area contributed by atoms with Crippen molar-refractivity contribution < 1.29 is 18.8 Å². The Labute approximate surface area is 163 Å². The van der Waals surface area contributed by atoms with Crippen LogP contribution in [-0.2, 0) is 9.59 Å². The molecule has 1 aromatic carbocycles. The monoisotopic (exact) mass is 388 g/mol. The number of carbonyl (C=O) groups excluding carboxylic acids is 3. The summed E-state index contributed by atoms with van der Waals surface area (Å²) in [6.07, 6.45) is 3.40. The number of piperazine rings is 1. The van der Waals surface area contributed by atoms with Crippen molar-refractivity contribution in [3.63, 3.8) is 0 Å². The predicted octanol–water partition coefficient (Wildman–Crippen LogP) is 1.73. The van der Waals surface area contributed by atoms with Crippen molar-refractivity contribution in [2.45, 2.75) is 37.6 Å². The first-order valence-corrected chi connectivity index (χ1v) is 9.91. The Kier molecular flexibility index (Phi) is 4.95. The van der Waals surface area contributed by atoms with E-state index in [4.69, 9.17) is 0 Å². The molecule has 8 heteroatoms. The number of halogens is 1. The largest absolute Gasteiger partial charge is 0.368 e. The maximum absolute atomic E-state index is 13.1. The number of carbonyl (C=O) groups is 3. The van der Waals surface area contributed by atoms with Crippen molar-refractivity contribution in [3.05, 3.63) is 30.1 Å². The van der Waals surface area contributed by atoms with Gasteiger partial charge >= 0.3 is 6.03 Å². The predicted molar refractivity (Wildman–Crippen MR) is 101 cm³/mol. The van der Waals surface area contributed by atoms with E-state index in [1.165, 1.54) is 17.0 Å². The summed E-state index contributed by atoms with van der Waals surface area (Å²) in [7, 11) is 0. The van der Waals surface area contributed by atoms with Crippen LogP contribution in [0.5, 0.6) is 0 Å². The van der Waals surface area contributed by atoms with E-state index < -0.39 is 5.54 Å². The van der Waals surface area contributed by atoms with Crippen molar-refractivity contribution in [3.8, 4) is 0 Å². The second kappa shape index (κ2) is 7.41. The van der Waals surface area contributed by atoms with Crippen molar-refractivity contribution in [1.29, 1.82) is 0 Å². The third kappa shape index (κ3) is 3.43. The van der Waals surface area contributed by atoms with Crippen LogP contribution < -0.4 is 10.2 Å². The zero-order valence-electron chi connectivity index (χ0n) is 15.8. The van der Waals surface area contributed by atoms with Gasteiger partial charge in [0.15, 0.2) is 0 Å². The minimum absolute atomic E-state index is 0.0493. The number of hydrogen-bond acceptors (Lipinski definition) is 4. The first-order valence-electron chi connectivity index (χ1n) is 9.91.